The van der Waals surface area contributed by atoms with Crippen molar-refractivity contribution >= 4 is 34.0 Å². The summed E-state index contributed by atoms with van der Waals surface area (Å²) in [6.45, 7) is 0.964. The first-order valence-corrected chi connectivity index (χ1v) is 5.75. The molecule has 0 aliphatic carbocycles. The molecule has 1 aliphatic rings. The Hall–Kier alpha value is -1.48. The van der Waals surface area contributed by atoms with Crippen LogP contribution < -0.4 is 11.1 Å². The molecule has 1 aromatic heterocycles. The highest BCUT2D eigenvalue weighted by molar-refractivity contribution is 6.36. The van der Waals surface area contributed by atoms with Gasteiger partial charge in [-0.05, 0) is 25.0 Å². The zero-order valence-electron chi connectivity index (χ0n) is 8.76. The molecule has 3 rings (SSSR count). The molecular formula is C12H12ClN3. The third-order valence-corrected chi connectivity index (χ3v) is 3.32. The van der Waals surface area contributed by atoms with Gasteiger partial charge in [0.05, 0.1) is 10.5 Å². The lowest BCUT2D eigenvalue weighted by Crippen LogP contribution is -2.15. The molecule has 3 N–H and O–H groups in total. The summed E-state index contributed by atoms with van der Waals surface area (Å²) < 4.78 is 0. The van der Waals surface area contributed by atoms with E-state index >= 15 is 0 Å². The normalized spacial score (nSPS) is 14.6. The quantitative estimate of drug-likeness (QED) is 0.736. The molecule has 0 saturated heterocycles. The maximum atomic E-state index is 6.18. The molecule has 2 aromatic rings. The van der Waals surface area contributed by atoms with E-state index in [4.69, 9.17) is 17.3 Å². The van der Waals surface area contributed by atoms with Crippen LogP contribution in [0.1, 0.15) is 12.0 Å². The molecule has 0 atom stereocenters. The van der Waals surface area contributed by atoms with E-state index < -0.39 is 0 Å². The van der Waals surface area contributed by atoms with Crippen molar-refractivity contribution in [2.75, 3.05) is 17.6 Å². The van der Waals surface area contributed by atoms with Crippen molar-refractivity contribution in [2.24, 2.45) is 0 Å². The Bertz CT molecular complexity index is 566. The second kappa shape index (κ2) is 3.52. The van der Waals surface area contributed by atoms with Gasteiger partial charge in [-0.15, -0.1) is 0 Å². The lowest BCUT2D eigenvalue weighted by Gasteiger charge is -2.20. The van der Waals surface area contributed by atoms with E-state index in [-0.39, 0.29) is 0 Å². The van der Waals surface area contributed by atoms with Gasteiger partial charge in [0, 0.05) is 23.2 Å². The molecule has 0 bridgehead atoms. The second-order valence-corrected chi connectivity index (χ2v) is 4.42. The third kappa shape index (κ3) is 1.32. The van der Waals surface area contributed by atoms with Crippen LogP contribution in [0.3, 0.4) is 0 Å². The fourth-order valence-corrected chi connectivity index (χ4v) is 2.48. The molecule has 1 aromatic carbocycles. The number of hydrogen-bond donors (Lipinski definition) is 2. The Morgan fingerprint density at radius 2 is 2.25 bits per heavy atom. The number of nitrogens with zero attached hydrogens (tertiary/aromatic N) is 1. The monoisotopic (exact) mass is 233 g/mol. The lowest BCUT2D eigenvalue weighted by molar-refractivity contribution is 0.823. The number of fused-ring (bicyclic) bond motifs is 2. The van der Waals surface area contributed by atoms with E-state index in [1.54, 1.807) is 0 Å². The summed E-state index contributed by atoms with van der Waals surface area (Å²) in [4.78, 5) is 4.56. The summed E-state index contributed by atoms with van der Waals surface area (Å²) in [5, 5.41) is 4.84. The molecular weight excluding hydrogens is 222 g/mol. The molecule has 4 heteroatoms. The third-order valence-electron chi connectivity index (χ3n) is 3.00. The van der Waals surface area contributed by atoms with Crippen LogP contribution in [-0.2, 0) is 6.42 Å². The summed E-state index contributed by atoms with van der Waals surface area (Å²) in [5.41, 5.74) is 8.91. The fraction of sp³-hybridized carbons (Fsp3) is 0.250. The highest BCUT2D eigenvalue weighted by atomic mass is 35.5. The van der Waals surface area contributed by atoms with Crippen LogP contribution in [0.5, 0.6) is 0 Å². The number of aromatic nitrogens is 1. The van der Waals surface area contributed by atoms with Crippen molar-refractivity contribution in [3.8, 4) is 0 Å². The number of benzene rings is 1. The minimum atomic E-state index is 0.677. The van der Waals surface area contributed by atoms with Gasteiger partial charge in [-0.2, -0.15) is 0 Å². The van der Waals surface area contributed by atoms with Crippen LogP contribution in [0, 0.1) is 0 Å². The molecule has 0 radical (unpaired) electrons. The maximum absolute atomic E-state index is 6.18. The Labute approximate surface area is 98.6 Å². The number of hydrogen-bond acceptors (Lipinski definition) is 3. The number of anilines is 2. The lowest BCUT2D eigenvalue weighted by atomic mass is 10.0. The van der Waals surface area contributed by atoms with Crippen LogP contribution >= 0.6 is 11.6 Å². The number of halogens is 1. The topological polar surface area (TPSA) is 50.9 Å². The van der Waals surface area contributed by atoms with Gasteiger partial charge in [-0.3, -0.25) is 0 Å². The van der Waals surface area contributed by atoms with Gasteiger partial charge in [0.15, 0.2) is 0 Å². The average molecular weight is 234 g/mol. The van der Waals surface area contributed by atoms with Crippen LogP contribution in [0.15, 0.2) is 18.2 Å². The Morgan fingerprint density at radius 3 is 3.12 bits per heavy atom. The zero-order valence-corrected chi connectivity index (χ0v) is 9.51. The van der Waals surface area contributed by atoms with E-state index in [1.165, 1.54) is 0 Å². The first kappa shape index (κ1) is 9.73. The van der Waals surface area contributed by atoms with Gasteiger partial charge >= 0.3 is 0 Å². The molecule has 0 amide bonds. The highest BCUT2D eigenvalue weighted by Crippen LogP contribution is 2.35. The Balaban J connectivity index is 2.40. The van der Waals surface area contributed by atoms with Crippen molar-refractivity contribution in [3.05, 3.63) is 28.8 Å². The van der Waals surface area contributed by atoms with Crippen molar-refractivity contribution in [1.82, 2.24) is 4.98 Å². The molecule has 0 unspecified atom stereocenters. The largest absolute Gasteiger partial charge is 0.398 e. The minimum absolute atomic E-state index is 0.677. The number of pyridine rings is 1. The van der Waals surface area contributed by atoms with Crippen molar-refractivity contribution < 1.29 is 0 Å². The predicted molar refractivity (Wildman–Crippen MR) is 68.0 cm³/mol. The van der Waals surface area contributed by atoms with Crippen LogP contribution in [0.2, 0.25) is 5.02 Å². The number of nitrogens with two attached hydrogens (primary N) is 1. The van der Waals surface area contributed by atoms with Crippen molar-refractivity contribution in [2.45, 2.75) is 12.8 Å². The predicted octanol–water partition coefficient (Wildman–Crippen LogP) is 2.83. The molecule has 2 heterocycles. The molecule has 0 fully saturated rings. The Kier molecular flexibility index (Phi) is 2.14. The summed E-state index contributed by atoms with van der Waals surface area (Å²) in [5.74, 6) is 0.915. The van der Waals surface area contributed by atoms with Crippen LogP contribution in [-0.4, -0.2) is 11.5 Å². The number of nitrogens with one attached hydrogen (secondary N) is 1. The fourth-order valence-electron chi connectivity index (χ4n) is 2.21. The van der Waals surface area contributed by atoms with Gasteiger partial charge in [0.1, 0.15) is 5.82 Å². The van der Waals surface area contributed by atoms with Gasteiger partial charge < -0.3 is 11.1 Å². The molecule has 1 aliphatic heterocycles. The molecule has 0 saturated carbocycles. The van der Waals surface area contributed by atoms with E-state index in [9.17, 15) is 0 Å². The average Bonchev–Trinajstić information content (AvgIpc) is 2.29. The van der Waals surface area contributed by atoms with Crippen molar-refractivity contribution in [3.63, 3.8) is 0 Å². The molecule has 0 spiro atoms. The summed E-state index contributed by atoms with van der Waals surface area (Å²) in [6.07, 6.45) is 2.07. The van der Waals surface area contributed by atoms with E-state index in [1.807, 2.05) is 18.2 Å². The first-order chi connectivity index (χ1) is 7.77. The van der Waals surface area contributed by atoms with Crippen molar-refractivity contribution in [1.29, 1.82) is 0 Å². The first-order valence-electron chi connectivity index (χ1n) is 5.38. The van der Waals surface area contributed by atoms with Crippen LogP contribution in [0.4, 0.5) is 11.5 Å². The summed E-state index contributed by atoms with van der Waals surface area (Å²) >= 11 is 6.16. The Morgan fingerprint density at radius 1 is 1.38 bits per heavy atom. The molecule has 82 valence electrons. The number of rotatable bonds is 0. The highest BCUT2D eigenvalue weighted by Gasteiger charge is 2.17. The smallest absolute Gasteiger partial charge is 0.131 e. The standard InChI is InChI=1S/C12H12ClN3/c13-8-4-1-5-9-10(8)11(14)7-3-2-6-15-12(7)16-9/h1,4-5H,2-3,6H2,(H3,14,15,16). The second-order valence-electron chi connectivity index (χ2n) is 4.02. The summed E-state index contributed by atoms with van der Waals surface area (Å²) in [7, 11) is 0. The zero-order chi connectivity index (χ0) is 11.1. The number of nitrogen functional groups attached to an aromatic ring is 1. The van der Waals surface area contributed by atoms with Crippen LogP contribution in [0.25, 0.3) is 10.9 Å². The van der Waals surface area contributed by atoms with Gasteiger partial charge in [-0.1, -0.05) is 17.7 Å². The minimum Gasteiger partial charge on any atom is -0.398 e. The SMILES string of the molecule is Nc1c2c(nc3cccc(Cl)c13)NCCC2. The van der Waals surface area contributed by atoms with E-state index in [0.717, 1.165) is 47.4 Å². The summed E-state index contributed by atoms with van der Waals surface area (Å²) in [6, 6.07) is 5.69. The maximum Gasteiger partial charge on any atom is 0.131 e. The van der Waals surface area contributed by atoms with Gasteiger partial charge in [0.25, 0.3) is 0 Å². The van der Waals surface area contributed by atoms with E-state index in [0.29, 0.717) is 5.02 Å². The van der Waals surface area contributed by atoms with Gasteiger partial charge in [-0.25, -0.2) is 4.98 Å². The molecule has 16 heavy (non-hydrogen) atoms. The van der Waals surface area contributed by atoms with E-state index in [2.05, 4.69) is 10.3 Å². The molecule has 3 nitrogen and oxygen atoms in total. The van der Waals surface area contributed by atoms with Gasteiger partial charge in [0.2, 0.25) is 0 Å².